The van der Waals surface area contributed by atoms with Crippen LogP contribution in [0.2, 0.25) is 0 Å². The van der Waals surface area contributed by atoms with Gasteiger partial charge in [-0.05, 0) is 20.3 Å². The highest BCUT2D eigenvalue weighted by atomic mass is 16.5. The van der Waals surface area contributed by atoms with Gasteiger partial charge in [0.1, 0.15) is 11.6 Å². The maximum Gasteiger partial charge on any atom is 0.397 e. The maximum atomic E-state index is 11.9. The summed E-state index contributed by atoms with van der Waals surface area (Å²) in [5.74, 6) is 0.295. The second kappa shape index (κ2) is 7.20. The van der Waals surface area contributed by atoms with E-state index in [1.807, 2.05) is 13.0 Å². The van der Waals surface area contributed by atoms with Crippen LogP contribution >= 0.6 is 0 Å². The molecule has 0 radical (unpaired) electrons. The Labute approximate surface area is 130 Å². The molecule has 0 saturated carbocycles. The molecule has 1 aromatic heterocycles. The first-order valence-electron chi connectivity index (χ1n) is 7.60. The molecular formula is C15H22N4O3. The summed E-state index contributed by atoms with van der Waals surface area (Å²) in [4.78, 5) is 35.8. The highest BCUT2D eigenvalue weighted by Gasteiger charge is 2.27. The molecule has 1 fully saturated rings. The van der Waals surface area contributed by atoms with Gasteiger partial charge in [-0.1, -0.05) is 6.92 Å². The maximum absolute atomic E-state index is 11.9. The predicted octanol–water partition coefficient (Wildman–Crippen LogP) is 0.559. The molecule has 120 valence electrons. The summed E-state index contributed by atoms with van der Waals surface area (Å²) in [7, 11) is 0. The Morgan fingerprint density at radius 1 is 1.18 bits per heavy atom. The molecular weight excluding hydrogens is 284 g/mol. The molecule has 0 N–H and O–H groups in total. The van der Waals surface area contributed by atoms with Gasteiger partial charge < -0.3 is 14.5 Å². The van der Waals surface area contributed by atoms with Gasteiger partial charge in [-0.3, -0.25) is 4.79 Å². The summed E-state index contributed by atoms with van der Waals surface area (Å²) in [5, 5.41) is 0. The van der Waals surface area contributed by atoms with Crippen LogP contribution < -0.4 is 4.90 Å². The molecule has 0 spiro atoms. The number of rotatable bonds is 3. The van der Waals surface area contributed by atoms with Crippen molar-refractivity contribution in [3.05, 3.63) is 17.6 Å². The molecule has 2 rings (SSSR count). The normalized spacial score (nSPS) is 14.9. The number of nitrogens with zero attached hydrogens (tertiary/aromatic N) is 4. The highest BCUT2D eigenvalue weighted by molar-refractivity contribution is 6.32. The van der Waals surface area contributed by atoms with Crippen molar-refractivity contribution in [3.8, 4) is 0 Å². The van der Waals surface area contributed by atoms with Gasteiger partial charge in [-0.25, -0.2) is 14.8 Å². The fraction of sp³-hybridized carbons (Fsp3) is 0.600. The van der Waals surface area contributed by atoms with Crippen LogP contribution in [-0.4, -0.2) is 59.5 Å². The molecule has 0 aliphatic carbocycles. The number of carbonyl (C=O) groups excluding carboxylic acids is 2. The molecule has 1 saturated heterocycles. The van der Waals surface area contributed by atoms with Crippen LogP contribution in [0.15, 0.2) is 6.07 Å². The Bertz CT molecular complexity index is 554. The Morgan fingerprint density at radius 2 is 1.86 bits per heavy atom. The number of amides is 1. The lowest BCUT2D eigenvalue weighted by Crippen LogP contribution is -2.51. The van der Waals surface area contributed by atoms with Gasteiger partial charge in [-0.2, -0.15) is 0 Å². The zero-order valence-electron chi connectivity index (χ0n) is 13.3. The van der Waals surface area contributed by atoms with Gasteiger partial charge in [0.25, 0.3) is 0 Å². The van der Waals surface area contributed by atoms with Crippen LogP contribution in [0.4, 0.5) is 5.82 Å². The minimum Gasteiger partial charge on any atom is -0.459 e. The lowest BCUT2D eigenvalue weighted by atomic mass is 10.2. The SMILES string of the molecule is CCOC(=O)C(=O)N1CCN(c2cc(CC)nc(C)n2)CC1. The van der Waals surface area contributed by atoms with Gasteiger partial charge in [0, 0.05) is 37.9 Å². The number of hydrogen-bond acceptors (Lipinski definition) is 6. The lowest BCUT2D eigenvalue weighted by molar-refractivity contribution is -0.160. The minimum absolute atomic E-state index is 0.213. The first-order chi connectivity index (χ1) is 10.5. The van der Waals surface area contributed by atoms with E-state index in [4.69, 9.17) is 4.74 Å². The molecule has 0 bridgehead atoms. The third-order valence-corrected chi connectivity index (χ3v) is 3.58. The summed E-state index contributed by atoms with van der Waals surface area (Å²) >= 11 is 0. The van der Waals surface area contributed by atoms with E-state index in [0.717, 1.165) is 23.8 Å². The van der Waals surface area contributed by atoms with E-state index in [-0.39, 0.29) is 6.61 Å². The van der Waals surface area contributed by atoms with E-state index < -0.39 is 11.9 Å². The number of aryl methyl sites for hydroxylation is 2. The van der Waals surface area contributed by atoms with Crippen molar-refractivity contribution in [2.24, 2.45) is 0 Å². The smallest absolute Gasteiger partial charge is 0.397 e. The third-order valence-electron chi connectivity index (χ3n) is 3.58. The number of hydrogen-bond donors (Lipinski definition) is 0. The number of esters is 1. The number of carbonyl (C=O) groups is 2. The summed E-state index contributed by atoms with van der Waals surface area (Å²) in [6, 6.07) is 1.98. The van der Waals surface area contributed by atoms with E-state index in [2.05, 4.69) is 21.8 Å². The van der Waals surface area contributed by atoms with E-state index in [9.17, 15) is 9.59 Å². The molecule has 0 aromatic carbocycles. The molecule has 0 unspecified atom stereocenters. The first-order valence-corrected chi connectivity index (χ1v) is 7.60. The van der Waals surface area contributed by atoms with Gasteiger partial charge in [0.15, 0.2) is 0 Å². The largest absolute Gasteiger partial charge is 0.459 e. The van der Waals surface area contributed by atoms with Gasteiger partial charge in [0.05, 0.1) is 6.61 Å². The van der Waals surface area contributed by atoms with Crippen molar-refractivity contribution in [1.29, 1.82) is 0 Å². The van der Waals surface area contributed by atoms with Crippen molar-refractivity contribution >= 4 is 17.7 Å². The molecule has 0 atom stereocenters. The van der Waals surface area contributed by atoms with Gasteiger partial charge in [0.2, 0.25) is 0 Å². The van der Waals surface area contributed by atoms with Crippen LogP contribution in [0, 0.1) is 6.92 Å². The highest BCUT2D eigenvalue weighted by Crippen LogP contribution is 2.15. The molecule has 7 nitrogen and oxygen atoms in total. The number of aromatic nitrogens is 2. The monoisotopic (exact) mass is 306 g/mol. The molecule has 1 amide bonds. The summed E-state index contributed by atoms with van der Waals surface area (Å²) in [6.45, 7) is 8.10. The fourth-order valence-corrected chi connectivity index (χ4v) is 2.42. The van der Waals surface area contributed by atoms with Crippen LogP contribution in [0.3, 0.4) is 0 Å². The van der Waals surface area contributed by atoms with Crippen molar-refractivity contribution in [3.63, 3.8) is 0 Å². The number of piperazine rings is 1. The average molecular weight is 306 g/mol. The standard InChI is InChI=1S/C15H22N4O3/c1-4-12-10-13(17-11(3)16-12)18-6-8-19(9-7-18)14(20)15(21)22-5-2/h10H,4-9H2,1-3H3. The van der Waals surface area contributed by atoms with Crippen LogP contribution in [0.25, 0.3) is 0 Å². The lowest BCUT2D eigenvalue weighted by Gasteiger charge is -2.35. The van der Waals surface area contributed by atoms with Gasteiger partial charge in [-0.15, -0.1) is 0 Å². The Hall–Kier alpha value is -2.18. The van der Waals surface area contributed by atoms with E-state index in [0.29, 0.717) is 26.2 Å². The molecule has 1 aliphatic heterocycles. The molecule has 2 heterocycles. The van der Waals surface area contributed by atoms with E-state index in [1.165, 1.54) is 4.90 Å². The number of anilines is 1. The van der Waals surface area contributed by atoms with Crippen LogP contribution in [0.5, 0.6) is 0 Å². The van der Waals surface area contributed by atoms with Crippen molar-refractivity contribution in [2.75, 3.05) is 37.7 Å². The Morgan fingerprint density at radius 3 is 2.45 bits per heavy atom. The topological polar surface area (TPSA) is 75.6 Å². The predicted molar refractivity (Wildman–Crippen MR) is 81.6 cm³/mol. The van der Waals surface area contributed by atoms with Crippen LogP contribution in [-0.2, 0) is 20.7 Å². The zero-order chi connectivity index (χ0) is 16.1. The van der Waals surface area contributed by atoms with E-state index >= 15 is 0 Å². The zero-order valence-corrected chi connectivity index (χ0v) is 13.3. The first kappa shape index (κ1) is 16.2. The second-order valence-corrected chi connectivity index (χ2v) is 5.12. The molecule has 1 aromatic rings. The second-order valence-electron chi connectivity index (χ2n) is 5.12. The average Bonchev–Trinajstić information content (AvgIpc) is 2.54. The fourth-order valence-electron chi connectivity index (χ4n) is 2.42. The van der Waals surface area contributed by atoms with Crippen LogP contribution in [0.1, 0.15) is 25.4 Å². The molecule has 22 heavy (non-hydrogen) atoms. The quantitative estimate of drug-likeness (QED) is 0.600. The van der Waals surface area contributed by atoms with Crippen molar-refractivity contribution in [1.82, 2.24) is 14.9 Å². The van der Waals surface area contributed by atoms with Gasteiger partial charge >= 0.3 is 11.9 Å². The number of ether oxygens (including phenoxy) is 1. The third kappa shape index (κ3) is 3.72. The molecule has 7 heteroatoms. The summed E-state index contributed by atoms with van der Waals surface area (Å²) in [5.41, 5.74) is 1.01. The molecule has 1 aliphatic rings. The minimum atomic E-state index is -0.776. The van der Waals surface area contributed by atoms with E-state index in [1.54, 1.807) is 6.92 Å². The Kier molecular flexibility index (Phi) is 5.30. The van der Waals surface area contributed by atoms with Crippen molar-refractivity contribution in [2.45, 2.75) is 27.2 Å². The summed E-state index contributed by atoms with van der Waals surface area (Å²) < 4.78 is 4.75. The Balaban J connectivity index is 1.99. The van der Waals surface area contributed by atoms with Crippen molar-refractivity contribution < 1.29 is 14.3 Å². The summed E-state index contributed by atoms with van der Waals surface area (Å²) in [6.07, 6.45) is 0.859.